The van der Waals surface area contributed by atoms with Gasteiger partial charge in [0.05, 0.1) is 5.92 Å². The number of hydrogen-bond donors (Lipinski definition) is 1. The van der Waals surface area contributed by atoms with Crippen molar-refractivity contribution in [3.63, 3.8) is 0 Å². The van der Waals surface area contributed by atoms with Crippen molar-refractivity contribution < 1.29 is 9.59 Å². The van der Waals surface area contributed by atoms with E-state index in [0.29, 0.717) is 11.5 Å². The van der Waals surface area contributed by atoms with Gasteiger partial charge in [-0.2, -0.15) is 0 Å². The Morgan fingerprint density at radius 3 is 2.41 bits per heavy atom. The van der Waals surface area contributed by atoms with Gasteiger partial charge in [0.2, 0.25) is 5.91 Å². The van der Waals surface area contributed by atoms with Crippen molar-refractivity contribution in [1.29, 1.82) is 0 Å². The lowest BCUT2D eigenvalue weighted by Crippen LogP contribution is -2.21. The van der Waals surface area contributed by atoms with Crippen LogP contribution in [0, 0.1) is 11.8 Å². The van der Waals surface area contributed by atoms with Gasteiger partial charge >= 0.3 is 0 Å². The second-order valence-electron chi connectivity index (χ2n) is 4.76. The monoisotopic (exact) mass is 251 g/mol. The zero-order valence-corrected chi connectivity index (χ0v) is 11.4. The minimum absolute atomic E-state index is 0.180. The number of allylic oxidation sites excluding steroid dienone is 3. The Kier molecular flexibility index (Phi) is 3.17. The number of nitrogens with one attached hydrogen (secondary N) is 1. The molecular formula is C13H17NO2S. The summed E-state index contributed by atoms with van der Waals surface area (Å²) >= 11 is 1.83. The van der Waals surface area contributed by atoms with E-state index in [-0.39, 0.29) is 17.7 Å². The normalized spacial score (nSPS) is 32.2. The van der Waals surface area contributed by atoms with Crippen molar-refractivity contribution >= 4 is 23.6 Å². The number of hydrogen-bond acceptors (Lipinski definition) is 3. The molecule has 2 heterocycles. The Morgan fingerprint density at radius 1 is 1.35 bits per heavy atom. The van der Waals surface area contributed by atoms with Gasteiger partial charge in [-0.15, -0.1) is 11.8 Å². The number of carbonyl (C=O) groups is 2. The quantitative estimate of drug-likeness (QED) is 0.574. The summed E-state index contributed by atoms with van der Waals surface area (Å²) in [7, 11) is 0. The van der Waals surface area contributed by atoms with Gasteiger partial charge < -0.3 is 0 Å². The van der Waals surface area contributed by atoms with Gasteiger partial charge in [-0.05, 0) is 42.7 Å². The predicted octanol–water partition coefficient (Wildman–Crippen LogP) is 2.25. The largest absolute Gasteiger partial charge is 0.292 e. The standard InChI is InChI=1S/C13H17NO2S/c1-6-5-17-9(4)10(6)7(2)11-8(3)12(15)14-13(11)16/h6,8H,5H2,1-4H3,(H,14,15,16)/b11-7+. The van der Waals surface area contributed by atoms with Gasteiger partial charge in [0.1, 0.15) is 0 Å². The highest BCUT2D eigenvalue weighted by atomic mass is 32.2. The molecule has 2 atom stereocenters. The molecule has 17 heavy (non-hydrogen) atoms. The predicted molar refractivity (Wildman–Crippen MR) is 69.3 cm³/mol. The van der Waals surface area contributed by atoms with Crippen molar-refractivity contribution in [3.05, 3.63) is 21.6 Å². The number of rotatable bonds is 1. The van der Waals surface area contributed by atoms with Crippen LogP contribution in [0.25, 0.3) is 0 Å². The third kappa shape index (κ3) is 1.95. The Hall–Kier alpha value is -1.03. The second kappa shape index (κ2) is 4.33. The van der Waals surface area contributed by atoms with Crippen molar-refractivity contribution in [2.75, 3.05) is 5.75 Å². The molecule has 2 aliphatic rings. The molecule has 2 aliphatic heterocycles. The zero-order valence-electron chi connectivity index (χ0n) is 10.6. The maximum absolute atomic E-state index is 11.8. The highest BCUT2D eigenvalue weighted by Crippen LogP contribution is 2.41. The molecule has 2 amide bonds. The van der Waals surface area contributed by atoms with Crippen LogP contribution >= 0.6 is 11.8 Å². The van der Waals surface area contributed by atoms with Crippen LogP contribution in [0.15, 0.2) is 21.6 Å². The minimum Gasteiger partial charge on any atom is -0.292 e. The topological polar surface area (TPSA) is 46.2 Å². The van der Waals surface area contributed by atoms with E-state index in [1.807, 2.05) is 18.7 Å². The van der Waals surface area contributed by atoms with Crippen LogP contribution in [0.3, 0.4) is 0 Å². The molecule has 0 aromatic rings. The first-order valence-electron chi connectivity index (χ1n) is 5.83. The third-order valence-electron chi connectivity index (χ3n) is 3.54. The molecule has 92 valence electrons. The Morgan fingerprint density at radius 2 is 2.00 bits per heavy atom. The van der Waals surface area contributed by atoms with Gasteiger partial charge in [-0.25, -0.2) is 0 Å². The molecule has 0 saturated carbocycles. The van der Waals surface area contributed by atoms with Crippen molar-refractivity contribution in [1.82, 2.24) is 5.32 Å². The number of imide groups is 1. The fourth-order valence-corrected chi connectivity index (χ4v) is 3.82. The van der Waals surface area contributed by atoms with Crippen LogP contribution in [0.1, 0.15) is 27.7 Å². The SMILES string of the molecule is CC1=C(/C(C)=C2/C(=O)NC(=O)C2C)C(C)CS1. The van der Waals surface area contributed by atoms with E-state index in [1.54, 1.807) is 6.92 Å². The van der Waals surface area contributed by atoms with Crippen molar-refractivity contribution in [3.8, 4) is 0 Å². The lowest BCUT2D eigenvalue weighted by Gasteiger charge is -2.13. The van der Waals surface area contributed by atoms with E-state index in [0.717, 1.165) is 11.3 Å². The molecule has 4 heteroatoms. The Bertz CT molecular complexity index is 462. The smallest absolute Gasteiger partial charge is 0.254 e. The van der Waals surface area contributed by atoms with E-state index in [4.69, 9.17) is 0 Å². The summed E-state index contributed by atoms with van der Waals surface area (Å²) in [6, 6.07) is 0. The maximum atomic E-state index is 11.8. The Labute approximate surface area is 106 Å². The average Bonchev–Trinajstić information content (AvgIpc) is 2.69. The summed E-state index contributed by atoms with van der Waals surface area (Å²) in [6.07, 6.45) is 0. The summed E-state index contributed by atoms with van der Waals surface area (Å²) in [5.41, 5.74) is 2.90. The van der Waals surface area contributed by atoms with Crippen molar-refractivity contribution in [2.45, 2.75) is 27.7 Å². The molecule has 2 unspecified atom stereocenters. The fraction of sp³-hybridized carbons (Fsp3) is 0.538. The molecule has 1 N–H and O–H groups in total. The molecule has 3 nitrogen and oxygen atoms in total. The summed E-state index contributed by atoms with van der Waals surface area (Å²) in [5.74, 6) is 0.810. The van der Waals surface area contributed by atoms with Crippen LogP contribution in [-0.4, -0.2) is 17.6 Å². The van der Waals surface area contributed by atoms with Crippen LogP contribution in [0.5, 0.6) is 0 Å². The van der Waals surface area contributed by atoms with Gasteiger partial charge in [0.25, 0.3) is 5.91 Å². The lowest BCUT2D eigenvalue weighted by atomic mass is 9.89. The number of amides is 2. The zero-order chi connectivity index (χ0) is 12.7. The Balaban J connectivity index is 2.49. The summed E-state index contributed by atoms with van der Waals surface area (Å²) in [5, 5.41) is 2.39. The highest BCUT2D eigenvalue weighted by molar-refractivity contribution is 8.03. The van der Waals surface area contributed by atoms with Crippen LogP contribution in [-0.2, 0) is 9.59 Å². The molecule has 0 bridgehead atoms. The van der Waals surface area contributed by atoms with Gasteiger partial charge in [0.15, 0.2) is 0 Å². The van der Waals surface area contributed by atoms with Crippen molar-refractivity contribution in [2.24, 2.45) is 11.8 Å². The molecule has 1 saturated heterocycles. The minimum atomic E-state index is -0.319. The van der Waals surface area contributed by atoms with Crippen LogP contribution in [0.4, 0.5) is 0 Å². The molecule has 0 aromatic heterocycles. The molecule has 0 radical (unpaired) electrons. The first-order chi connectivity index (χ1) is 7.93. The summed E-state index contributed by atoms with van der Waals surface area (Å²) < 4.78 is 0. The summed E-state index contributed by atoms with van der Waals surface area (Å²) in [4.78, 5) is 24.6. The highest BCUT2D eigenvalue weighted by Gasteiger charge is 2.36. The molecular weight excluding hydrogens is 234 g/mol. The fourth-order valence-electron chi connectivity index (χ4n) is 2.65. The van der Waals surface area contributed by atoms with E-state index < -0.39 is 0 Å². The first-order valence-corrected chi connectivity index (χ1v) is 6.82. The van der Waals surface area contributed by atoms with E-state index in [1.165, 1.54) is 10.5 Å². The lowest BCUT2D eigenvalue weighted by molar-refractivity contribution is -0.125. The van der Waals surface area contributed by atoms with E-state index >= 15 is 0 Å². The number of thioether (sulfide) groups is 1. The van der Waals surface area contributed by atoms with Crippen LogP contribution in [0.2, 0.25) is 0 Å². The van der Waals surface area contributed by atoms with E-state index in [9.17, 15) is 9.59 Å². The maximum Gasteiger partial charge on any atom is 0.254 e. The van der Waals surface area contributed by atoms with Gasteiger partial charge in [0, 0.05) is 11.3 Å². The molecule has 1 fully saturated rings. The van der Waals surface area contributed by atoms with E-state index in [2.05, 4.69) is 19.2 Å². The third-order valence-corrected chi connectivity index (χ3v) is 4.86. The number of carbonyl (C=O) groups excluding carboxylic acids is 2. The average molecular weight is 251 g/mol. The molecule has 2 rings (SSSR count). The van der Waals surface area contributed by atoms with Gasteiger partial charge in [-0.3, -0.25) is 14.9 Å². The molecule has 0 spiro atoms. The summed E-state index contributed by atoms with van der Waals surface area (Å²) in [6.45, 7) is 8.02. The first kappa shape index (κ1) is 12.4. The molecule has 0 aromatic carbocycles. The second-order valence-corrected chi connectivity index (χ2v) is 6.00. The van der Waals surface area contributed by atoms with Gasteiger partial charge in [-0.1, -0.05) is 6.92 Å². The molecule has 0 aliphatic carbocycles. The van der Waals surface area contributed by atoms with Crippen LogP contribution < -0.4 is 5.32 Å².